The van der Waals surface area contributed by atoms with Crippen molar-refractivity contribution in [3.8, 4) is 0 Å². The van der Waals surface area contributed by atoms with Gasteiger partial charge in [-0.15, -0.1) is 0 Å². The van der Waals surface area contributed by atoms with Crippen LogP contribution in [0.5, 0.6) is 0 Å². The van der Waals surface area contributed by atoms with Gasteiger partial charge in [0.15, 0.2) is 5.41 Å². The molecule has 0 radical (unpaired) electrons. The van der Waals surface area contributed by atoms with Gasteiger partial charge >= 0.3 is 11.9 Å². The minimum Gasteiger partial charge on any atom is -0.480 e. The molecule has 0 atom stereocenters. The smallest absolute Gasteiger partial charge is 0.323 e. The van der Waals surface area contributed by atoms with Crippen molar-refractivity contribution in [1.29, 1.82) is 0 Å². The van der Waals surface area contributed by atoms with Gasteiger partial charge in [0.1, 0.15) is 0 Å². The maximum Gasteiger partial charge on any atom is 0.323 e. The van der Waals surface area contributed by atoms with Crippen molar-refractivity contribution in [3.63, 3.8) is 0 Å². The number of rotatable bonds is 6. The van der Waals surface area contributed by atoms with Crippen molar-refractivity contribution < 1.29 is 19.4 Å². The molecule has 4 nitrogen and oxygen atoms in total. The number of hydrogen-bond acceptors (Lipinski definition) is 3. The van der Waals surface area contributed by atoms with E-state index in [0.717, 1.165) is 0 Å². The van der Waals surface area contributed by atoms with Crippen molar-refractivity contribution >= 4 is 11.9 Å². The molecule has 0 amide bonds. The Morgan fingerprint density at radius 2 is 1.73 bits per heavy atom. The van der Waals surface area contributed by atoms with Gasteiger partial charge in [-0.2, -0.15) is 0 Å². The number of hydrogen-bond donors (Lipinski definition) is 1. The normalized spacial score (nSPS) is 11.5. The Labute approximate surface area is 90.6 Å². The van der Waals surface area contributed by atoms with Crippen LogP contribution >= 0.6 is 0 Å². The lowest BCUT2D eigenvalue weighted by Gasteiger charge is -2.24. The average Bonchev–Trinajstić information content (AvgIpc) is 2.17. The van der Waals surface area contributed by atoms with Gasteiger partial charge < -0.3 is 9.84 Å². The molecule has 0 rings (SSSR count). The van der Waals surface area contributed by atoms with Gasteiger partial charge in [0.2, 0.25) is 0 Å². The third-order valence-corrected chi connectivity index (χ3v) is 2.55. The molecule has 0 aliphatic carbocycles. The highest BCUT2D eigenvalue weighted by Crippen LogP contribution is 2.28. The molecular formula is C11H20O4. The Balaban J connectivity index is 4.63. The largest absolute Gasteiger partial charge is 0.480 e. The molecule has 0 aromatic heterocycles. The molecule has 0 aliphatic rings. The zero-order chi connectivity index (χ0) is 12.1. The summed E-state index contributed by atoms with van der Waals surface area (Å²) in [5.41, 5.74) is -1.37. The molecule has 0 unspecified atom stereocenters. The summed E-state index contributed by atoms with van der Waals surface area (Å²) in [6.45, 7) is 7.47. The average molecular weight is 216 g/mol. The number of carboxylic acids is 1. The first-order valence-electron chi connectivity index (χ1n) is 5.31. The van der Waals surface area contributed by atoms with E-state index in [2.05, 4.69) is 0 Å². The predicted molar refractivity (Wildman–Crippen MR) is 56.4 cm³/mol. The Morgan fingerprint density at radius 3 is 2.00 bits per heavy atom. The van der Waals surface area contributed by atoms with Crippen LogP contribution in [-0.2, 0) is 14.3 Å². The second-order valence-corrected chi connectivity index (χ2v) is 4.09. The maximum atomic E-state index is 11.7. The van der Waals surface area contributed by atoms with Gasteiger partial charge in [-0.3, -0.25) is 9.59 Å². The van der Waals surface area contributed by atoms with Gasteiger partial charge in [-0.05, 0) is 18.8 Å². The predicted octanol–water partition coefficient (Wildman–Crippen LogP) is 2.08. The Kier molecular flexibility index (Phi) is 5.33. The molecule has 0 fully saturated rings. The molecule has 1 N–H and O–H groups in total. The van der Waals surface area contributed by atoms with Crippen LogP contribution in [0.2, 0.25) is 0 Å². The van der Waals surface area contributed by atoms with Crippen LogP contribution in [0.15, 0.2) is 0 Å². The van der Waals surface area contributed by atoms with E-state index in [1.807, 2.05) is 13.8 Å². The van der Waals surface area contributed by atoms with Crippen LogP contribution in [0, 0.1) is 11.3 Å². The van der Waals surface area contributed by atoms with E-state index in [4.69, 9.17) is 9.84 Å². The van der Waals surface area contributed by atoms with Gasteiger partial charge in [0, 0.05) is 0 Å². The lowest BCUT2D eigenvalue weighted by Crippen LogP contribution is -2.40. The van der Waals surface area contributed by atoms with Crippen LogP contribution < -0.4 is 0 Å². The van der Waals surface area contributed by atoms with E-state index < -0.39 is 17.4 Å². The SMILES string of the molecule is CCC(CC)(C(=O)O)C(=O)OCC(C)C. The highest BCUT2D eigenvalue weighted by molar-refractivity contribution is 5.99. The molecule has 0 aromatic rings. The number of carboxylic acid groups (broad SMARTS) is 1. The molecule has 0 aliphatic heterocycles. The summed E-state index contributed by atoms with van der Waals surface area (Å²) in [6.07, 6.45) is 0.519. The number of ether oxygens (including phenoxy) is 1. The van der Waals surface area contributed by atoms with Crippen LogP contribution in [0.25, 0.3) is 0 Å². The van der Waals surface area contributed by atoms with E-state index in [-0.39, 0.29) is 25.4 Å². The van der Waals surface area contributed by atoms with Crippen LogP contribution in [0.4, 0.5) is 0 Å². The highest BCUT2D eigenvalue weighted by atomic mass is 16.5. The fourth-order valence-electron chi connectivity index (χ4n) is 1.31. The van der Waals surface area contributed by atoms with E-state index in [0.29, 0.717) is 0 Å². The topological polar surface area (TPSA) is 63.6 Å². The minimum atomic E-state index is -1.37. The quantitative estimate of drug-likeness (QED) is 0.545. The Morgan fingerprint density at radius 1 is 1.27 bits per heavy atom. The number of carbonyl (C=O) groups excluding carboxylic acids is 1. The van der Waals surface area contributed by atoms with Crippen molar-refractivity contribution in [1.82, 2.24) is 0 Å². The zero-order valence-corrected chi connectivity index (χ0v) is 9.87. The van der Waals surface area contributed by atoms with Gasteiger partial charge in [0.05, 0.1) is 6.61 Å². The third kappa shape index (κ3) is 3.22. The first-order valence-corrected chi connectivity index (χ1v) is 5.31. The summed E-state index contributed by atoms with van der Waals surface area (Å²) in [6, 6.07) is 0. The first kappa shape index (κ1) is 13.9. The number of carbonyl (C=O) groups is 2. The molecule has 88 valence electrons. The number of esters is 1. The highest BCUT2D eigenvalue weighted by Gasteiger charge is 2.44. The van der Waals surface area contributed by atoms with Gasteiger partial charge in [-0.1, -0.05) is 27.7 Å². The molecule has 0 spiro atoms. The van der Waals surface area contributed by atoms with Crippen molar-refractivity contribution in [2.45, 2.75) is 40.5 Å². The molecule has 0 heterocycles. The zero-order valence-electron chi connectivity index (χ0n) is 9.87. The maximum absolute atomic E-state index is 11.7. The molecule has 4 heteroatoms. The first-order chi connectivity index (χ1) is 6.90. The van der Waals surface area contributed by atoms with Crippen LogP contribution in [0.3, 0.4) is 0 Å². The summed E-state index contributed by atoms with van der Waals surface area (Å²) in [4.78, 5) is 22.7. The Bertz CT molecular complexity index is 229. The van der Waals surface area contributed by atoms with Crippen molar-refractivity contribution in [3.05, 3.63) is 0 Å². The fraction of sp³-hybridized carbons (Fsp3) is 0.818. The summed E-state index contributed by atoms with van der Waals surface area (Å²) >= 11 is 0. The lowest BCUT2D eigenvalue weighted by atomic mass is 9.82. The summed E-state index contributed by atoms with van der Waals surface area (Å²) in [7, 11) is 0. The Hall–Kier alpha value is -1.06. The molecule has 0 aromatic carbocycles. The van der Waals surface area contributed by atoms with Gasteiger partial charge in [-0.25, -0.2) is 0 Å². The summed E-state index contributed by atoms with van der Waals surface area (Å²) in [5, 5.41) is 9.06. The monoisotopic (exact) mass is 216 g/mol. The van der Waals surface area contributed by atoms with Crippen molar-refractivity contribution in [2.24, 2.45) is 11.3 Å². The van der Waals surface area contributed by atoms with E-state index in [9.17, 15) is 9.59 Å². The fourth-order valence-corrected chi connectivity index (χ4v) is 1.31. The molecule has 0 saturated carbocycles. The minimum absolute atomic E-state index is 0.217. The van der Waals surface area contributed by atoms with Crippen LogP contribution in [0.1, 0.15) is 40.5 Å². The van der Waals surface area contributed by atoms with E-state index in [1.165, 1.54) is 0 Å². The van der Waals surface area contributed by atoms with Crippen molar-refractivity contribution in [2.75, 3.05) is 6.61 Å². The van der Waals surface area contributed by atoms with E-state index >= 15 is 0 Å². The summed E-state index contributed by atoms with van der Waals surface area (Å²) in [5.74, 6) is -1.50. The molecule has 15 heavy (non-hydrogen) atoms. The van der Waals surface area contributed by atoms with Crippen LogP contribution in [-0.4, -0.2) is 23.7 Å². The molecule has 0 saturated heterocycles. The summed E-state index contributed by atoms with van der Waals surface area (Å²) < 4.78 is 4.99. The molecule has 0 bridgehead atoms. The lowest BCUT2D eigenvalue weighted by molar-refractivity contribution is -0.170. The second-order valence-electron chi connectivity index (χ2n) is 4.09. The third-order valence-electron chi connectivity index (χ3n) is 2.55. The molecular weight excluding hydrogens is 196 g/mol. The second kappa shape index (κ2) is 5.73. The van der Waals surface area contributed by atoms with Gasteiger partial charge in [0.25, 0.3) is 0 Å². The van der Waals surface area contributed by atoms with E-state index in [1.54, 1.807) is 13.8 Å². The number of aliphatic carboxylic acids is 1. The standard InChI is InChI=1S/C11H20O4/c1-5-11(6-2,9(12)13)10(14)15-7-8(3)4/h8H,5-7H2,1-4H3,(H,12,13).